The van der Waals surface area contributed by atoms with Gasteiger partial charge in [-0.15, -0.1) is 0 Å². The van der Waals surface area contributed by atoms with Gasteiger partial charge in [0.15, 0.2) is 0 Å². The number of allylic oxidation sites excluding steroid dienone is 2. The van der Waals surface area contributed by atoms with Gasteiger partial charge in [0.05, 0.1) is 0 Å². The first-order valence-corrected chi connectivity index (χ1v) is 6.44. The predicted molar refractivity (Wildman–Crippen MR) is 67.2 cm³/mol. The van der Waals surface area contributed by atoms with E-state index in [-0.39, 0.29) is 5.41 Å². The monoisotopic (exact) mass is 220 g/mol. The van der Waals surface area contributed by atoms with Gasteiger partial charge in [-0.3, -0.25) is 4.79 Å². The van der Waals surface area contributed by atoms with Crippen molar-refractivity contribution in [3.63, 3.8) is 0 Å². The van der Waals surface area contributed by atoms with Crippen molar-refractivity contribution < 1.29 is 4.79 Å². The Morgan fingerprint density at radius 3 is 2.50 bits per heavy atom. The van der Waals surface area contributed by atoms with Crippen molar-refractivity contribution in [3.05, 3.63) is 11.6 Å². The van der Waals surface area contributed by atoms with Crippen LogP contribution >= 0.6 is 0 Å². The van der Waals surface area contributed by atoms with Crippen LogP contribution in [0.15, 0.2) is 11.6 Å². The van der Waals surface area contributed by atoms with E-state index in [9.17, 15) is 4.79 Å². The van der Waals surface area contributed by atoms with E-state index < -0.39 is 0 Å². The molecule has 0 bridgehead atoms. The lowest BCUT2D eigenvalue weighted by Gasteiger charge is -2.30. The van der Waals surface area contributed by atoms with E-state index in [1.807, 2.05) is 0 Å². The van der Waals surface area contributed by atoms with Crippen LogP contribution < -0.4 is 0 Å². The predicted octanol–water partition coefficient (Wildman–Crippen LogP) is 3.98. The first-order chi connectivity index (χ1) is 7.27. The Labute approximate surface area is 99.3 Å². The molecule has 1 nitrogen and oxygen atoms in total. The molecule has 0 amide bonds. The quantitative estimate of drug-likeness (QED) is 0.643. The highest BCUT2D eigenvalue weighted by Crippen LogP contribution is 2.67. The van der Waals surface area contributed by atoms with Gasteiger partial charge in [-0.1, -0.05) is 32.4 Å². The number of hydrogen-bond donors (Lipinski definition) is 0. The van der Waals surface area contributed by atoms with Gasteiger partial charge in [0, 0.05) is 11.8 Å². The lowest BCUT2D eigenvalue weighted by Crippen LogP contribution is -2.31. The summed E-state index contributed by atoms with van der Waals surface area (Å²) in [4.78, 5) is 12.2. The van der Waals surface area contributed by atoms with Crippen LogP contribution in [0.1, 0.15) is 53.9 Å². The lowest BCUT2D eigenvalue weighted by atomic mass is 9.72. The van der Waals surface area contributed by atoms with E-state index in [2.05, 4.69) is 40.7 Å². The highest BCUT2D eigenvalue weighted by atomic mass is 16.1. The zero-order valence-corrected chi connectivity index (χ0v) is 11.3. The number of Topliss-reactive ketones (excluding diaryl/α,β-unsaturated/α-hetero) is 1. The highest BCUT2D eigenvalue weighted by molar-refractivity contribution is 5.86. The summed E-state index contributed by atoms with van der Waals surface area (Å²) in [5, 5.41) is 0. The minimum Gasteiger partial charge on any atom is -0.299 e. The van der Waals surface area contributed by atoms with Crippen LogP contribution in [0.4, 0.5) is 0 Å². The maximum Gasteiger partial charge on any atom is 0.139 e. The zero-order chi connectivity index (χ0) is 12.1. The van der Waals surface area contributed by atoms with Gasteiger partial charge >= 0.3 is 0 Å². The van der Waals surface area contributed by atoms with E-state index >= 15 is 0 Å². The molecular formula is C15H24O. The minimum absolute atomic E-state index is 0.0772. The average Bonchev–Trinajstić information content (AvgIpc) is 2.66. The van der Waals surface area contributed by atoms with E-state index in [0.29, 0.717) is 17.1 Å². The molecule has 0 aromatic carbocycles. The molecule has 0 aliphatic heterocycles. The number of rotatable bonds is 2. The molecule has 3 atom stereocenters. The molecule has 0 spiro atoms. The lowest BCUT2D eigenvalue weighted by molar-refractivity contribution is -0.130. The molecule has 2 aliphatic carbocycles. The Kier molecular flexibility index (Phi) is 2.56. The fourth-order valence-electron chi connectivity index (χ4n) is 3.34. The Balaban J connectivity index is 2.11. The summed E-state index contributed by atoms with van der Waals surface area (Å²) >= 11 is 0. The van der Waals surface area contributed by atoms with Crippen LogP contribution in [-0.2, 0) is 4.79 Å². The number of ketones is 1. The Bertz CT molecular complexity index is 346. The Morgan fingerprint density at radius 1 is 1.31 bits per heavy atom. The molecule has 16 heavy (non-hydrogen) atoms. The number of fused-ring (bicyclic) bond motifs is 1. The van der Waals surface area contributed by atoms with Crippen molar-refractivity contribution in [1.82, 2.24) is 0 Å². The molecule has 0 N–H and O–H groups in total. The number of carbonyl (C=O) groups excluding carboxylic acids is 1. The topological polar surface area (TPSA) is 17.1 Å². The van der Waals surface area contributed by atoms with Gasteiger partial charge in [0.25, 0.3) is 0 Å². The zero-order valence-electron chi connectivity index (χ0n) is 11.3. The van der Waals surface area contributed by atoms with Gasteiger partial charge in [-0.25, -0.2) is 0 Å². The molecule has 0 aromatic rings. The molecule has 2 saturated carbocycles. The molecule has 0 aromatic heterocycles. The molecule has 2 fully saturated rings. The fourth-order valence-corrected chi connectivity index (χ4v) is 3.34. The number of hydrogen-bond acceptors (Lipinski definition) is 1. The van der Waals surface area contributed by atoms with Crippen molar-refractivity contribution in [1.29, 1.82) is 0 Å². The maximum absolute atomic E-state index is 12.2. The molecule has 3 unspecified atom stereocenters. The van der Waals surface area contributed by atoms with Crippen LogP contribution in [0.3, 0.4) is 0 Å². The smallest absolute Gasteiger partial charge is 0.139 e. The van der Waals surface area contributed by atoms with E-state index in [0.717, 1.165) is 25.2 Å². The summed E-state index contributed by atoms with van der Waals surface area (Å²) in [5.74, 6) is 1.97. The standard InChI is InChI=1S/C15H24O/c1-10(2)6-7-15(5)9-12-11(8-13(15)16)14(12,3)4/h6,11-12H,7-9H2,1-5H3. The van der Waals surface area contributed by atoms with Gasteiger partial charge in [-0.05, 0) is 43.9 Å². The van der Waals surface area contributed by atoms with Gasteiger partial charge in [0.1, 0.15) is 5.78 Å². The summed E-state index contributed by atoms with van der Waals surface area (Å²) < 4.78 is 0. The third-order valence-electron chi connectivity index (χ3n) is 5.00. The molecule has 1 heteroatoms. The summed E-state index contributed by atoms with van der Waals surface area (Å²) in [6.45, 7) is 11.0. The fraction of sp³-hybridized carbons (Fsp3) is 0.800. The Morgan fingerprint density at radius 2 is 1.94 bits per heavy atom. The van der Waals surface area contributed by atoms with E-state index in [4.69, 9.17) is 0 Å². The molecule has 90 valence electrons. The Hall–Kier alpha value is -0.590. The molecule has 0 radical (unpaired) electrons. The summed E-state index contributed by atoms with van der Waals surface area (Å²) in [6, 6.07) is 0. The van der Waals surface area contributed by atoms with E-state index in [1.54, 1.807) is 0 Å². The summed E-state index contributed by atoms with van der Waals surface area (Å²) in [6.07, 6.45) is 5.10. The first-order valence-electron chi connectivity index (χ1n) is 6.44. The minimum atomic E-state index is -0.0772. The third-order valence-corrected chi connectivity index (χ3v) is 5.00. The van der Waals surface area contributed by atoms with Crippen molar-refractivity contribution in [2.75, 3.05) is 0 Å². The van der Waals surface area contributed by atoms with Crippen LogP contribution in [0.2, 0.25) is 0 Å². The van der Waals surface area contributed by atoms with Crippen molar-refractivity contribution in [2.45, 2.75) is 53.9 Å². The second kappa shape index (κ2) is 3.45. The first kappa shape index (κ1) is 11.9. The van der Waals surface area contributed by atoms with Gasteiger partial charge in [-0.2, -0.15) is 0 Å². The third kappa shape index (κ3) is 1.74. The van der Waals surface area contributed by atoms with Gasteiger partial charge < -0.3 is 0 Å². The van der Waals surface area contributed by atoms with Crippen molar-refractivity contribution in [3.8, 4) is 0 Å². The second-order valence-corrected chi connectivity index (χ2v) is 6.91. The second-order valence-electron chi connectivity index (χ2n) is 6.91. The van der Waals surface area contributed by atoms with Gasteiger partial charge in [0.2, 0.25) is 0 Å². The normalized spacial score (nSPS) is 40.2. The molecule has 0 saturated heterocycles. The summed E-state index contributed by atoms with van der Waals surface area (Å²) in [5.41, 5.74) is 1.68. The molecule has 2 rings (SSSR count). The van der Waals surface area contributed by atoms with Crippen LogP contribution in [0.5, 0.6) is 0 Å². The van der Waals surface area contributed by atoms with Crippen molar-refractivity contribution in [2.24, 2.45) is 22.7 Å². The van der Waals surface area contributed by atoms with Crippen LogP contribution in [0.25, 0.3) is 0 Å². The van der Waals surface area contributed by atoms with Crippen LogP contribution in [-0.4, -0.2) is 5.78 Å². The highest BCUT2D eigenvalue weighted by Gasteiger charge is 2.63. The largest absolute Gasteiger partial charge is 0.299 e. The average molecular weight is 220 g/mol. The molecule has 2 aliphatic rings. The van der Waals surface area contributed by atoms with Crippen LogP contribution in [0, 0.1) is 22.7 Å². The number of carbonyl (C=O) groups is 1. The molecular weight excluding hydrogens is 196 g/mol. The summed E-state index contributed by atoms with van der Waals surface area (Å²) in [7, 11) is 0. The van der Waals surface area contributed by atoms with E-state index in [1.165, 1.54) is 5.57 Å². The maximum atomic E-state index is 12.2. The van der Waals surface area contributed by atoms with Crippen molar-refractivity contribution >= 4 is 5.78 Å². The SMILES string of the molecule is CC(C)=CCC1(C)CC2C(CC1=O)C2(C)C. The molecule has 0 heterocycles.